The lowest BCUT2D eigenvalue weighted by molar-refractivity contribution is -0.126. The van der Waals surface area contributed by atoms with Gasteiger partial charge in [0.1, 0.15) is 5.82 Å². The van der Waals surface area contributed by atoms with Crippen LogP contribution in [0.25, 0.3) is 0 Å². The van der Waals surface area contributed by atoms with Crippen LogP contribution in [0.15, 0.2) is 54.6 Å². The monoisotopic (exact) mass is 396 g/mol. The molecule has 2 N–H and O–H groups in total. The van der Waals surface area contributed by atoms with Gasteiger partial charge in [0.15, 0.2) is 0 Å². The number of rotatable bonds is 6. The van der Waals surface area contributed by atoms with E-state index in [1.165, 1.54) is 17.7 Å². The highest BCUT2D eigenvalue weighted by Gasteiger charge is 2.43. The molecule has 154 valence electrons. The number of nitrogens with one attached hydrogen (secondary N) is 1. The molecular weight excluding hydrogens is 367 g/mol. The van der Waals surface area contributed by atoms with E-state index in [2.05, 4.69) is 22.3 Å². The third-order valence-corrected chi connectivity index (χ3v) is 6.52. The van der Waals surface area contributed by atoms with Gasteiger partial charge in [-0.05, 0) is 42.5 Å². The average molecular weight is 397 g/mol. The molecule has 1 amide bonds. The van der Waals surface area contributed by atoms with Crippen molar-refractivity contribution in [1.29, 1.82) is 0 Å². The molecule has 2 aromatic rings. The first-order valence-corrected chi connectivity index (χ1v) is 10.6. The Morgan fingerprint density at radius 2 is 1.79 bits per heavy atom. The minimum Gasteiger partial charge on any atom is -0.392 e. The number of hydrogen-bond acceptors (Lipinski definition) is 3. The molecule has 2 aromatic carbocycles. The first-order valence-electron chi connectivity index (χ1n) is 10.6. The fourth-order valence-corrected chi connectivity index (χ4v) is 4.96. The summed E-state index contributed by atoms with van der Waals surface area (Å²) in [6.45, 7) is 1.91. The molecule has 0 unspecified atom stereocenters. The van der Waals surface area contributed by atoms with Crippen LogP contribution in [0.5, 0.6) is 0 Å². The van der Waals surface area contributed by atoms with Gasteiger partial charge in [-0.1, -0.05) is 55.3 Å². The van der Waals surface area contributed by atoms with E-state index in [0.717, 1.165) is 37.8 Å². The number of β-amino-alcohol motifs (C(OH)–C–C–N with tert-alkyl or cyclic N) is 1. The maximum absolute atomic E-state index is 13.4. The third kappa shape index (κ3) is 4.36. The maximum atomic E-state index is 13.4. The number of aliphatic hydroxyl groups is 1. The smallest absolute Gasteiger partial charge is 0.230 e. The van der Waals surface area contributed by atoms with Crippen molar-refractivity contribution in [2.24, 2.45) is 0 Å². The highest BCUT2D eigenvalue weighted by atomic mass is 19.1. The Balaban J connectivity index is 1.43. The maximum Gasteiger partial charge on any atom is 0.230 e. The second-order valence-electron chi connectivity index (χ2n) is 8.46. The van der Waals surface area contributed by atoms with Crippen LogP contribution in [0.4, 0.5) is 4.39 Å². The van der Waals surface area contributed by atoms with Gasteiger partial charge in [-0.2, -0.15) is 0 Å². The molecule has 4 nitrogen and oxygen atoms in total. The van der Waals surface area contributed by atoms with E-state index in [1.807, 2.05) is 18.2 Å². The van der Waals surface area contributed by atoms with Crippen molar-refractivity contribution >= 4 is 5.91 Å². The van der Waals surface area contributed by atoms with Gasteiger partial charge in [0.05, 0.1) is 11.5 Å². The lowest BCUT2D eigenvalue weighted by atomic mass is 9.78. The van der Waals surface area contributed by atoms with E-state index < -0.39 is 5.41 Å². The Labute approximate surface area is 171 Å². The van der Waals surface area contributed by atoms with E-state index in [1.54, 1.807) is 12.1 Å². The van der Waals surface area contributed by atoms with Crippen LogP contribution in [-0.4, -0.2) is 41.1 Å². The van der Waals surface area contributed by atoms with E-state index in [-0.39, 0.29) is 23.9 Å². The topological polar surface area (TPSA) is 52.6 Å². The van der Waals surface area contributed by atoms with Crippen LogP contribution in [0, 0.1) is 5.82 Å². The van der Waals surface area contributed by atoms with E-state index >= 15 is 0 Å². The Morgan fingerprint density at radius 3 is 2.48 bits per heavy atom. The molecule has 1 heterocycles. The zero-order valence-electron chi connectivity index (χ0n) is 16.7. The Kier molecular flexibility index (Phi) is 5.97. The number of amides is 1. The van der Waals surface area contributed by atoms with Crippen molar-refractivity contribution in [3.8, 4) is 0 Å². The summed E-state index contributed by atoms with van der Waals surface area (Å²) >= 11 is 0. The summed E-state index contributed by atoms with van der Waals surface area (Å²) in [6.07, 6.45) is 3.91. The number of carbonyl (C=O) groups is 1. The van der Waals surface area contributed by atoms with Gasteiger partial charge in [-0.3, -0.25) is 9.69 Å². The molecule has 0 spiro atoms. The Morgan fingerprint density at radius 1 is 1.10 bits per heavy atom. The Hall–Kier alpha value is -2.24. The predicted molar refractivity (Wildman–Crippen MR) is 111 cm³/mol. The lowest BCUT2D eigenvalue weighted by Crippen LogP contribution is -2.47. The highest BCUT2D eigenvalue weighted by Crippen LogP contribution is 2.41. The molecule has 2 atom stereocenters. The van der Waals surface area contributed by atoms with Gasteiger partial charge in [0.2, 0.25) is 5.91 Å². The molecule has 1 saturated carbocycles. The molecule has 1 aliphatic carbocycles. The summed E-state index contributed by atoms with van der Waals surface area (Å²) in [6, 6.07) is 16.7. The van der Waals surface area contributed by atoms with Crippen molar-refractivity contribution in [3.63, 3.8) is 0 Å². The van der Waals surface area contributed by atoms with Crippen molar-refractivity contribution in [2.75, 3.05) is 13.1 Å². The van der Waals surface area contributed by atoms with Crippen LogP contribution in [0.1, 0.15) is 43.2 Å². The largest absolute Gasteiger partial charge is 0.392 e. The van der Waals surface area contributed by atoms with Crippen LogP contribution >= 0.6 is 0 Å². The summed E-state index contributed by atoms with van der Waals surface area (Å²) in [7, 11) is 0. The van der Waals surface area contributed by atoms with Crippen LogP contribution in [0.2, 0.25) is 0 Å². The summed E-state index contributed by atoms with van der Waals surface area (Å²) < 4.78 is 13.4. The number of nitrogens with zero attached hydrogens (tertiary/aromatic N) is 1. The molecule has 4 rings (SSSR count). The summed E-state index contributed by atoms with van der Waals surface area (Å²) in [5.41, 5.74) is 1.55. The third-order valence-electron chi connectivity index (χ3n) is 6.52. The number of likely N-dealkylation sites (tertiary alicyclic amines) is 1. The van der Waals surface area contributed by atoms with E-state index in [9.17, 15) is 14.3 Å². The van der Waals surface area contributed by atoms with Gasteiger partial charge in [0.25, 0.3) is 0 Å². The lowest BCUT2D eigenvalue weighted by Gasteiger charge is -2.30. The summed E-state index contributed by atoms with van der Waals surface area (Å²) in [4.78, 5) is 15.5. The van der Waals surface area contributed by atoms with Crippen molar-refractivity contribution < 1.29 is 14.3 Å². The van der Waals surface area contributed by atoms with Crippen LogP contribution < -0.4 is 5.32 Å². The average Bonchev–Trinajstić information content (AvgIpc) is 3.35. The van der Waals surface area contributed by atoms with Gasteiger partial charge in [-0.25, -0.2) is 4.39 Å². The highest BCUT2D eigenvalue weighted by molar-refractivity contribution is 5.88. The minimum absolute atomic E-state index is 0.0302. The molecule has 1 saturated heterocycles. The van der Waals surface area contributed by atoms with Crippen molar-refractivity contribution in [3.05, 3.63) is 71.5 Å². The second-order valence-corrected chi connectivity index (χ2v) is 8.46. The van der Waals surface area contributed by atoms with Crippen molar-refractivity contribution in [2.45, 2.75) is 56.2 Å². The quantitative estimate of drug-likeness (QED) is 0.787. The van der Waals surface area contributed by atoms with E-state index in [0.29, 0.717) is 19.5 Å². The van der Waals surface area contributed by atoms with E-state index in [4.69, 9.17) is 0 Å². The number of halogens is 1. The minimum atomic E-state index is -0.560. The van der Waals surface area contributed by atoms with Gasteiger partial charge in [0, 0.05) is 25.7 Å². The first-order chi connectivity index (χ1) is 14.1. The number of aliphatic hydroxyl groups excluding tert-OH is 1. The Bertz CT molecular complexity index is 819. The molecule has 1 aliphatic heterocycles. The summed E-state index contributed by atoms with van der Waals surface area (Å²) in [5, 5.41) is 13.4. The normalized spacial score (nSPS) is 23.9. The fraction of sp³-hybridized carbons (Fsp3) is 0.458. The number of benzene rings is 2. The number of carbonyl (C=O) groups excluding carboxylic acids is 1. The molecule has 0 aromatic heterocycles. The standard InChI is InChI=1S/C24H29FN2O2/c25-20-10-8-19(9-11-20)24(12-4-5-13-24)23(29)26-15-21-14-22(28)17-27(21)16-18-6-2-1-3-7-18/h1-3,6-11,21-22,28H,4-5,12-17H2,(H,26,29)/t21-,22-/m1/s1. The molecule has 5 heteroatoms. The van der Waals surface area contributed by atoms with Gasteiger partial charge in [-0.15, -0.1) is 0 Å². The van der Waals surface area contributed by atoms with Crippen LogP contribution in [-0.2, 0) is 16.8 Å². The SMILES string of the molecule is O=C(NC[C@H]1C[C@@H](O)CN1Cc1ccccc1)C1(c2ccc(F)cc2)CCCC1. The molecule has 0 radical (unpaired) electrons. The first kappa shape index (κ1) is 20.0. The summed E-state index contributed by atoms with van der Waals surface area (Å²) in [5.74, 6) is -0.249. The zero-order chi connectivity index (χ0) is 20.3. The second kappa shape index (κ2) is 8.64. The van der Waals surface area contributed by atoms with Gasteiger partial charge >= 0.3 is 0 Å². The predicted octanol–water partition coefficient (Wildman–Crippen LogP) is 3.39. The fourth-order valence-electron chi connectivity index (χ4n) is 4.96. The van der Waals surface area contributed by atoms with Crippen LogP contribution in [0.3, 0.4) is 0 Å². The molecule has 2 aliphatic rings. The molecule has 2 fully saturated rings. The molecule has 29 heavy (non-hydrogen) atoms. The zero-order valence-corrected chi connectivity index (χ0v) is 16.7. The molecule has 0 bridgehead atoms. The molecular formula is C24H29FN2O2. The van der Waals surface area contributed by atoms with Gasteiger partial charge < -0.3 is 10.4 Å². The van der Waals surface area contributed by atoms with Crippen molar-refractivity contribution in [1.82, 2.24) is 10.2 Å². The number of hydrogen-bond donors (Lipinski definition) is 2.